The Morgan fingerprint density at radius 2 is 1.32 bits per heavy atom. The summed E-state index contributed by atoms with van der Waals surface area (Å²) in [6.07, 6.45) is 4.51. The standard InChI is InChI=1S/C21H48N14O3/c22-8-2-1-5-16(13-31-20(37)30-10-3-6-14(11-23)33-18(26)27)35-21(38)32-12-15(34-19(28)36)7-4-9-29-17(24)25/h14-16H,1-13,22-23H2,(H4,24,25,29)(H4,26,27,33)(H3,28,34,36)(H2,30,31,37)(H2,32,35,38). The highest BCUT2D eigenvalue weighted by Crippen LogP contribution is 2.02. The van der Waals surface area contributed by atoms with E-state index in [9.17, 15) is 14.4 Å². The maximum atomic E-state index is 12.5. The molecule has 0 spiro atoms. The minimum Gasteiger partial charge on any atom is -0.370 e. The first kappa shape index (κ1) is 34.3. The number of urea groups is 3. The Morgan fingerprint density at radius 3 is 1.89 bits per heavy atom. The molecule has 0 aromatic carbocycles. The highest BCUT2D eigenvalue weighted by atomic mass is 16.2. The Morgan fingerprint density at radius 1 is 0.684 bits per heavy atom. The van der Waals surface area contributed by atoms with Gasteiger partial charge in [0.2, 0.25) is 0 Å². The maximum absolute atomic E-state index is 12.5. The number of nitrogens with two attached hydrogens (primary N) is 7. The molecule has 0 aliphatic carbocycles. The molecular formula is C21H48N14O3. The highest BCUT2D eigenvalue weighted by Gasteiger charge is 2.16. The maximum Gasteiger partial charge on any atom is 0.315 e. The minimum atomic E-state index is -0.705. The molecule has 0 aliphatic heterocycles. The first-order chi connectivity index (χ1) is 18.1. The van der Waals surface area contributed by atoms with Crippen LogP contribution in [0.1, 0.15) is 44.9 Å². The molecule has 0 bridgehead atoms. The topological polar surface area (TPSA) is 318 Å². The Hall–Kier alpha value is -3.73. The zero-order chi connectivity index (χ0) is 28.8. The number of amides is 6. The molecule has 0 saturated heterocycles. The van der Waals surface area contributed by atoms with Crippen molar-refractivity contribution in [3.05, 3.63) is 0 Å². The fraction of sp³-hybridized carbons (Fsp3) is 0.762. The van der Waals surface area contributed by atoms with Gasteiger partial charge < -0.3 is 66.7 Å². The quantitative estimate of drug-likeness (QED) is 0.0411. The molecule has 0 aliphatic rings. The summed E-state index contributed by atoms with van der Waals surface area (Å²) in [6, 6.07) is -2.45. The van der Waals surface area contributed by atoms with Crippen molar-refractivity contribution < 1.29 is 14.4 Å². The molecule has 6 amide bonds. The summed E-state index contributed by atoms with van der Waals surface area (Å²) >= 11 is 0. The van der Waals surface area contributed by atoms with E-state index in [0.29, 0.717) is 58.3 Å². The second kappa shape index (κ2) is 21.4. The second-order valence-corrected chi connectivity index (χ2v) is 8.71. The van der Waals surface area contributed by atoms with E-state index in [2.05, 4.69) is 36.6 Å². The molecule has 0 heterocycles. The molecule has 0 aromatic heterocycles. The highest BCUT2D eigenvalue weighted by molar-refractivity contribution is 5.76. The van der Waals surface area contributed by atoms with Crippen LogP contribution in [0.25, 0.3) is 0 Å². The van der Waals surface area contributed by atoms with Crippen molar-refractivity contribution in [3.8, 4) is 0 Å². The number of rotatable bonds is 20. The molecule has 17 nitrogen and oxygen atoms in total. The van der Waals surface area contributed by atoms with Gasteiger partial charge in [-0.1, -0.05) is 6.42 Å². The smallest absolute Gasteiger partial charge is 0.315 e. The molecule has 0 fully saturated rings. The molecule has 0 saturated carbocycles. The number of unbranched alkanes of at least 4 members (excludes halogenated alkanes) is 1. The number of carbonyl (C=O) groups excluding carboxylic acids is 3. The van der Waals surface area contributed by atoms with Crippen LogP contribution in [0.15, 0.2) is 9.98 Å². The molecule has 0 aromatic rings. The summed E-state index contributed by atoms with van der Waals surface area (Å²) in [5.41, 5.74) is 37.8. The van der Waals surface area contributed by atoms with Crippen LogP contribution in [0.4, 0.5) is 14.4 Å². The first-order valence-corrected chi connectivity index (χ1v) is 12.7. The van der Waals surface area contributed by atoms with Gasteiger partial charge in [0.25, 0.3) is 0 Å². The van der Waals surface area contributed by atoms with Gasteiger partial charge in [0, 0.05) is 44.8 Å². The first-order valence-electron chi connectivity index (χ1n) is 12.7. The van der Waals surface area contributed by atoms with Crippen molar-refractivity contribution in [2.75, 3.05) is 39.3 Å². The summed E-state index contributed by atoms with van der Waals surface area (Å²) in [4.78, 5) is 43.9. The van der Waals surface area contributed by atoms with E-state index >= 15 is 0 Å². The molecule has 0 rings (SSSR count). The number of guanidine groups is 2. The van der Waals surface area contributed by atoms with Gasteiger partial charge in [-0.15, -0.1) is 0 Å². The average Bonchev–Trinajstić information content (AvgIpc) is 2.84. The number of hydrogen-bond donors (Lipinski definition) is 12. The monoisotopic (exact) mass is 544 g/mol. The predicted octanol–water partition coefficient (Wildman–Crippen LogP) is -3.45. The molecule has 0 radical (unpaired) electrons. The summed E-state index contributed by atoms with van der Waals surface area (Å²) in [5.74, 6) is -0.0428. The van der Waals surface area contributed by atoms with E-state index in [-0.39, 0.29) is 43.1 Å². The van der Waals surface area contributed by atoms with E-state index in [1.807, 2.05) is 0 Å². The van der Waals surface area contributed by atoms with E-state index in [4.69, 9.17) is 40.1 Å². The van der Waals surface area contributed by atoms with Gasteiger partial charge in [-0.05, 0) is 45.1 Å². The molecule has 3 unspecified atom stereocenters. The SMILES string of the molecule is NCCCCC(CNC(=O)NCCCC(CN)N=C(N)N)NC(=O)NCC(CCCN=C(N)N)NC(N)=O. The van der Waals surface area contributed by atoms with E-state index in [0.717, 1.165) is 12.8 Å². The Labute approximate surface area is 223 Å². The fourth-order valence-electron chi connectivity index (χ4n) is 3.45. The largest absolute Gasteiger partial charge is 0.370 e. The van der Waals surface area contributed by atoms with Crippen molar-refractivity contribution in [1.29, 1.82) is 0 Å². The lowest BCUT2D eigenvalue weighted by Gasteiger charge is -2.22. The minimum absolute atomic E-state index is 0.0204. The van der Waals surface area contributed by atoms with Gasteiger partial charge in [0.1, 0.15) is 0 Å². The lowest BCUT2D eigenvalue weighted by molar-refractivity contribution is 0.228. The van der Waals surface area contributed by atoms with Crippen LogP contribution in [0.2, 0.25) is 0 Å². The van der Waals surface area contributed by atoms with Crippen LogP contribution in [-0.4, -0.2) is 87.4 Å². The Balaban J connectivity index is 4.62. The average molecular weight is 545 g/mol. The molecule has 17 heteroatoms. The van der Waals surface area contributed by atoms with Crippen LogP contribution in [-0.2, 0) is 0 Å². The molecule has 38 heavy (non-hydrogen) atoms. The third kappa shape index (κ3) is 20.5. The van der Waals surface area contributed by atoms with Crippen LogP contribution >= 0.6 is 0 Å². The normalized spacial score (nSPS) is 12.8. The number of aliphatic imine (C=N–C) groups is 2. The van der Waals surface area contributed by atoms with Gasteiger partial charge in [0.15, 0.2) is 11.9 Å². The van der Waals surface area contributed by atoms with Crippen LogP contribution in [0.5, 0.6) is 0 Å². The number of nitrogens with zero attached hydrogens (tertiary/aromatic N) is 2. The number of nitrogens with one attached hydrogen (secondary N) is 5. The van der Waals surface area contributed by atoms with Crippen LogP contribution < -0.4 is 66.7 Å². The van der Waals surface area contributed by atoms with Crippen molar-refractivity contribution in [3.63, 3.8) is 0 Å². The molecule has 3 atom stereocenters. The zero-order valence-electron chi connectivity index (χ0n) is 22.1. The van der Waals surface area contributed by atoms with E-state index in [1.54, 1.807) is 0 Å². The van der Waals surface area contributed by atoms with Crippen LogP contribution in [0, 0.1) is 0 Å². The van der Waals surface area contributed by atoms with Gasteiger partial charge in [0.05, 0.1) is 6.04 Å². The van der Waals surface area contributed by atoms with Crippen molar-refractivity contribution >= 4 is 30.0 Å². The number of primary amides is 1. The third-order valence-corrected chi connectivity index (χ3v) is 5.31. The van der Waals surface area contributed by atoms with Crippen molar-refractivity contribution in [2.24, 2.45) is 50.1 Å². The fourth-order valence-corrected chi connectivity index (χ4v) is 3.45. The lowest BCUT2D eigenvalue weighted by Crippen LogP contribution is -2.52. The molecule has 220 valence electrons. The summed E-state index contributed by atoms with van der Waals surface area (Å²) in [5, 5.41) is 13.7. The number of carbonyl (C=O) groups is 3. The summed E-state index contributed by atoms with van der Waals surface area (Å²) < 4.78 is 0. The van der Waals surface area contributed by atoms with Gasteiger partial charge in [-0.3, -0.25) is 4.99 Å². The van der Waals surface area contributed by atoms with Gasteiger partial charge in [-0.25, -0.2) is 19.4 Å². The predicted molar refractivity (Wildman–Crippen MR) is 149 cm³/mol. The van der Waals surface area contributed by atoms with Crippen molar-refractivity contribution in [2.45, 2.75) is 63.1 Å². The van der Waals surface area contributed by atoms with E-state index < -0.39 is 18.1 Å². The second-order valence-electron chi connectivity index (χ2n) is 8.71. The molecular weight excluding hydrogens is 496 g/mol. The summed E-state index contributed by atoms with van der Waals surface area (Å²) in [7, 11) is 0. The van der Waals surface area contributed by atoms with E-state index in [1.165, 1.54) is 0 Å². The summed E-state index contributed by atoms with van der Waals surface area (Å²) in [6.45, 7) is 1.97. The van der Waals surface area contributed by atoms with Gasteiger partial charge >= 0.3 is 18.1 Å². The van der Waals surface area contributed by atoms with Crippen molar-refractivity contribution in [1.82, 2.24) is 26.6 Å². The number of hydrogen-bond acceptors (Lipinski definition) is 7. The molecule has 19 N–H and O–H groups in total. The zero-order valence-corrected chi connectivity index (χ0v) is 22.1. The Kier molecular flexibility index (Phi) is 19.3. The lowest BCUT2D eigenvalue weighted by atomic mass is 10.1. The Bertz CT molecular complexity index is 741. The van der Waals surface area contributed by atoms with Gasteiger partial charge in [-0.2, -0.15) is 0 Å². The third-order valence-electron chi connectivity index (χ3n) is 5.31. The van der Waals surface area contributed by atoms with Crippen LogP contribution in [0.3, 0.4) is 0 Å².